The van der Waals surface area contributed by atoms with E-state index in [-0.39, 0.29) is 25.6 Å². The third-order valence-corrected chi connectivity index (χ3v) is 5.35. The number of carboxylic acid groups (broad SMARTS) is 1. The van der Waals surface area contributed by atoms with Gasteiger partial charge in [0, 0.05) is 19.6 Å². The maximum Gasteiger partial charge on any atom is 0.410 e. The molecule has 0 aliphatic carbocycles. The molecule has 29 heavy (non-hydrogen) atoms. The zero-order valence-corrected chi connectivity index (χ0v) is 17.8. The Labute approximate surface area is 185 Å². The zero-order valence-electron chi connectivity index (χ0n) is 15.5. The predicted octanol–water partition coefficient (Wildman–Crippen LogP) is 4.32. The molecule has 0 radical (unpaired) electrons. The van der Waals surface area contributed by atoms with Gasteiger partial charge in [-0.05, 0) is 23.3 Å². The van der Waals surface area contributed by atoms with Crippen molar-refractivity contribution in [1.29, 1.82) is 0 Å². The van der Waals surface area contributed by atoms with Crippen LogP contribution in [0.25, 0.3) is 0 Å². The van der Waals surface area contributed by atoms with Crippen LogP contribution in [-0.4, -0.2) is 52.6 Å². The molecule has 3 rings (SSSR count). The van der Waals surface area contributed by atoms with E-state index in [1.165, 1.54) is 4.90 Å². The van der Waals surface area contributed by atoms with Crippen LogP contribution in [0, 0.1) is 0 Å². The Bertz CT molecular complexity index is 851. The number of hydrogen-bond acceptors (Lipinski definition) is 4. The van der Waals surface area contributed by atoms with Crippen molar-refractivity contribution in [2.24, 2.45) is 0 Å². The van der Waals surface area contributed by atoms with Crippen LogP contribution >= 0.6 is 35.6 Å². The van der Waals surface area contributed by atoms with Crippen LogP contribution in [0.4, 0.5) is 4.79 Å². The maximum absolute atomic E-state index is 12.3. The van der Waals surface area contributed by atoms with Gasteiger partial charge in [-0.25, -0.2) is 4.79 Å². The lowest BCUT2D eigenvalue weighted by molar-refractivity contribution is -0.145. The van der Waals surface area contributed by atoms with Gasteiger partial charge in [0.1, 0.15) is 12.6 Å². The standard InChI is InChI=1S/C20H20Cl2N2O4.ClH/c21-16-7-6-15(10-17(16)22)11-23-8-9-24(12-18(23)19(25)26)20(27)28-13-14-4-2-1-3-5-14;/h1-7,10,18H,8-9,11-13H2,(H,25,26);1H. The van der Waals surface area contributed by atoms with Gasteiger partial charge in [0.15, 0.2) is 0 Å². The number of aliphatic carboxylic acids is 1. The molecule has 0 saturated carbocycles. The number of carbonyl (C=O) groups excluding carboxylic acids is 1. The molecule has 0 spiro atoms. The summed E-state index contributed by atoms with van der Waals surface area (Å²) in [7, 11) is 0. The van der Waals surface area contributed by atoms with Crippen molar-refractivity contribution in [3.8, 4) is 0 Å². The summed E-state index contributed by atoms with van der Waals surface area (Å²) in [5, 5.41) is 10.5. The fraction of sp³-hybridized carbons (Fsp3) is 0.300. The highest BCUT2D eigenvalue weighted by Crippen LogP contribution is 2.24. The van der Waals surface area contributed by atoms with Crippen molar-refractivity contribution in [3.63, 3.8) is 0 Å². The van der Waals surface area contributed by atoms with Gasteiger partial charge in [0.25, 0.3) is 0 Å². The van der Waals surface area contributed by atoms with Crippen molar-refractivity contribution >= 4 is 47.7 Å². The van der Waals surface area contributed by atoms with Gasteiger partial charge >= 0.3 is 12.1 Å². The number of nitrogens with zero attached hydrogens (tertiary/aromatic N) is 2. The molecule has 1 unspecified atom stereocenters. The average molecular weight is 460 g/mol. The number of ether oxygens (including phenoxy) is 1. The minimum Gasteiger partial charge on any atom is -0.480 e. The zero-order chi connectivity index (χ0) is 20.1. The first-order valence-corrected chi connectivity index (χ1v) is 9.56. The summed E-state index contributed by atoms with van der Waals surface area (Å²) in [6.07, 6.45) is -0.510. The van der Waals surface area contributed by atoms with E-state index in [9.17, 15) is 14.7 Å². The minimum absolute atomic E-state index is 0. The third-order valence-electron chi connectivity index (χ3n) is 4.61. The van der Waals surface area contributed by atoms with E-state index < -0.39 is 18.1 Å². The summed E-state index contributed by atoms with van der Waals surface area (Å²) >= 11 is 12.0. The lowest BCUT2D eigenvalue weighted by Crippen LogP contribution is -2.57. The lowest BCUT2D eigenvalue weighted by Gasteiger charge is -2.38. The molecule has 2 aromatic rings. The molecule has 1 atom stereocenters. The quantitative estimate of drug-likeness (QED) is 0.721. The summed E-state index contributed by atoms with van der Waals surface area (Å²) in [4.78, 5) is 27.3. The van der Waals surface area contributed by atoms with E-state index in [0.717, 1.165) is 11.1 Å². The van der Waals surface area contributed by atoms with Crippen LogP contribution < -0.4 is 0 Å². The second-order valence-electron chi connectivity index (χ2n) is 6.56. The number of carboxylic acids is 1. The number of hydrogen-bond donors (Lipinski definition) is 1. The third kappa shape index (κ3) is 6.24. The van der Waals surface area contributed by atoms with Crippen LogP contribution in [0.2, 0.25) is 10.0 Å². The van der Waals surface area contributed by atoms with Crippen LogP contribution in [-0.2, 0) is 22.7 Å². The van der Waals surface area contributed by atoms with Crippen LogP contribution in [0.1, 0.15) is 11.1 Å². The SMILES string of the molecule is Cl.O=C(O)C1CN(C(=O)OCc2ccccc2)CCN1Cc1ccc(Cl)c(Cl)c1. The molecular formula is C20H21Cl3N2O4. The van der Waals surface area contributed by atoms with Gasteiger partial charge in [-0.3, -0.25) is 9.69 Å². The fourth-order valence-electron chi connectivity index (χ4n) is 3.09. The number of piperazine rings is 1. The number of halogens is 3. The Morgan fingerprint density at radius 2 is 1.76 bits per heavy atom. The predicted molar refractivity (Wildman–Crippen MR) is 114 cm³/mol. The van der Waals surface area contributed by atoms with Crippen LogP contribution in [0.5, 0.6) is 0 Å². The first-order valence-electron chi connectivity index (χ1n) is 8.80. The van der Waals surface area contributed by atoms with Crippen molar-refractivity contribution in [1.82, 2.24) is 9.80 Å². The van der Waals surface area contributed by atoms with Crippen molar-refractivity contribution < 1.29 is 19.4 Å². The molecule has 1 aliphatic rings. The fourth-order valence-corrected chi connectivity index (χ4v) is 3.41. The molecule has 156 valence electrons. The largest absolute Gasteiger partial charge is 0.480 e. The second kappa shape index (κ2) is 10.7. The average Bonchev–Trinajstić information content (AvgIpc) is 2.70. The smallest absolute Gasteiger partial charge is 0.410 e. The van der Waals surface area contributed by atoms with E-state index in [1.807, 2.05) is 41.3 Å². The summed E-state index contributed by atoms with van der Waals surface area (Å²) in [6, 6.07) is 13.7. The first-order chi connectivity index (χ1) is 13.4. The van der Waals surface area contributed by atoms with Gasteiger partial charge in [-0.1, -0.05) is 59.6 Å². The summed E-state index contributed by atoms with van der Waals surface area (Å²) < 4.78 is 5.32. The first kappa shape index (κ1) is 23.3. The summed E-state index contributed by atoms with van der Waals surface area (Å²) in [5.74, 6) is -0.986. The van der Waals surface area contributed by atoms with Crippen molar-refractivity contribution in [2.75, 3.05) is 19.6 Å². The van der Waals surface area contributed by atoms with Crippen molar-refractivity contribution in [3.05, 3.63) is 69.7 Å². The normalized spacial score (nSPS) is 16.8. The van der Waals surface area contributed by atoms with Gasteiger partial charge < -0.3 is 14.7 Å². The van der Waals surface area contributed by atoms with E-state index in [0.29, 0.717) is 29.7 Å². The summed E-state index contributed by atoms with van der Waals surface area (Å²) in [6.45, 7) is 1.42. The Kier molecular flexibility index (Phi) is 8.59. The van der Waals surface area contributed by atoms with E-state index in [1.54, 1.807) is 12.1 Å². The molecule has 6 nitrogen and oxygen atoms in total. The molecule has 1 N–H and O–H groups in total. The molecule has 1 amide bonds. The minimum atomic E-state index is -0.986. The Morgan fingerprint density at radius 3 is 2.41 bits per heavy atom. The van der Waals surface area contributed by atoms with E-state index in [2.05, 4.69) is 0 Å². The van der Waals surface area contributed by atoms with E-state index >= 15 is 0 Å². The Morgan fingerprint density at radius 1 is 1.03 bits per heavy atom. The molecule has 1 fully saturated rings. The number of benzene rings is 2. The Balaban J connectivity index is 0.00000300. The Hall–Kier alpha value is -1.99. The van der Waals surface area contributed by atoms with Crippen LogP contribution in [0.15, 0.2) is 48.5 Å². The molecule has 0 aromatic heterocycles. The van der Waals surface area contributed by atoms with Gasteiger partial charge in [0.05, 0.1) is 16.6 Å². The molecule has 1 heterocycles. The van der Waals surface area contributed by atoms with Crippen molar-refractivity contribution in [2.45, 2.75) is 19.2 Å². The number of carbonyl (C=O) groups is 2. The molecule has 1 aliphatic heterocycles. The van der Waals surface area contributed by atoms with Crippen LogP contribution in [0.3, 0.4) is 0 Å². The summed E-state index contributed by atoms with van der Waals surface area (Å²) in [5.41, 5.74) is 1.74. The van der Waals surface area contributed by atoms with E-state index in [4.69, 9.17) is 27.9 Å². The molecule has 2 aromatic carbocycles. The maximum atomic E-state index is 12.3. The molecule has 1 saturated heterocycles. The van der Waals surface area contributed by atoms with Gasteiger partial charge in [-0.2, -0.15) is 0 Å². The topological polar surface area (TPSA) is 70.1 Å². The highest BCUT2D eigenvalue weighted by molar-refractivity contribution is 6.42. The number of amides is 1. The monoisotopic (exact) mass is 458 g/mol. The second-order valence-corrected chi connectivity index (χ2v) is 7.37. The number of rotatable bonds is 5. The lowest BCUT2D eigenvalue weighted by atomic mass is 10.1. The highest BCUT2D eigenvalue weighted by atomic mass is 35.5. The molecular weight excluding hydrogens is 439 g/mol. The molecule has 9 heteroatoms. The van der Waals surface area contributed by atoms with Gasteiger partial charge in [0.2, 0.25) is 0 Å². The highest BCUT2D eigenvalue weighted by Gasteiger charge is 2.34. The molecule has 0 bridgehead atoms. The van der Waals surface area contributed by atoms with Gasteiger partial charge in [-0.15, -0.1) is 12.4 Å².